The summed E-state index contributed by atoms with van der Waals surface area (Å²) in [6, 6.07) is 12.7. The number of pyridine rings is 1. The van der Waals surface area contributed by atoms with Crippen molar-refractivity contribution in [1.29, 1.82) is 0 Å². The molecule has 0 saturated carbocycles. The standard InChI is InChI=1S/C56H61N3/c1-8-12-14-15-16-21-30-47-31-26-36-52(41-47)55-42-54(51(28-10-3)40-46(7)53-37-27-38-57-43-53)58-56(59-55)48(11-4)39-45(6)50-34-24-19-17-22-32-49(44(5)29-13-9-2)33-23-18-20-25-35-50/h9-12,17,19,21-28,30-38,40-43,48,56,59H,1-6,13-16,18,20,29,39H2,7H3/b22-17-,24-19-,30-21+,33-23+,35-25?,46-40+,49-32-,50-34?,51-28+. The molecule has 3 heteroatoms. The average molecular weight is 776 g/mol. The first-order valence-corrected chi connectivity index (χ1v) is 20.6. The van der Waals surface area contributed by atoms with Crippen LogP contribution in [0.5, 0.6) is 0 Å². The van der Waals surface area contributed by atoms with Crippen LogP contribution in [0.2, 0.25) is 0 Å². The molecule has 1 aromatic heterocycles. The number of hydrogen-bond acceptors (Lipinski definition) is 3. The van der Waals surface area contributed by atoms with Crippen LogP contribution < -0.4 is 5.32 Å². The molecule has 2 aliphatic rings. The van der Waals surface area contributed by atoms with Gasteiger partial charge in [-0.15, -0.1) is 18.9 Å². The van der Waals surface area contributed by atoms with Gasteiger partial charge in [-0.1, -0.05) is 148 Å². The normalized spacial score (nSPS) is 19.2. The number of aliphatic imine (C=N–C) groups is 1. The van der Waals surface area contributed by atoms with E-state index >= 15 is 0 Å². The summed E-state index contributed by atoms with van der Waals surface area (Å²) in [4.78, 5) is 9.71. The third-order valence-corrected chi connectivity index (χ3v) is 9.95. The van der Waals surface area contributed by atoms with E-state index in [9.17, 15) is 0 Å². The van der Waals surface area contributed by atoms with Crippen molar-refractivity contribution < 1.29 is 0 Å². The van der Waals surface area contributed by atoms with E-state index in [1.165, 1.54) is 0 Å². The highest BCUT2D eigenvalue weighted by Gasteiger charge is 2.25. The van der Waals surface area contributed by atoms with Gasteiger partial charge in [-0.2, -0.15) is 0 Å². The highest BCUT2D eigenvalue weighted by Crippen LogP contribution is 2.30. The fourth-order valence-electron chi connectivity index (χ4n) is 6.59. The lowest BCUT2D eigenvalue weighted by molar-refractivity contribution is 0.468. The van der Waals surface area contributed by atoms with Gasteiger partial charge in [0.1, 0.15) is 6.17 Å². The molecule has 59 heavy (non-hydrogen) atoms. The zero-order chi connectivity index (χ0) is 42.1. The average Bonchev–Trinajstić information content (AvgIpc) is 3.26. The van der Waals surface area contributed by atoms with Gasteiger partial charge >= 0.3 is 0 Å². The smallest absolute Gasteiger partial charge is 0.126 e. The number of rotatable bonds is 19. The Labute approximate surface area is 355 Å². The lowest BCUT2D eigenvalue weighted by Crippen LogP contribution is -2.37. The van der Waals surface area contributed by atoms with Gasteiger partial charge in [0.15, 0.2) is 0 Å². The highest BCUT2D eigenvalue weighted by molar-refractivity contribution is 6.15. The number of allylic oxidation sites excluding steroid dienone is 23. The lowest BCUT2D eigenvalue weighted by Gasteiger charge is -2.30. The molecule has 3 nitrogen and oxygen atoms in total. The first-order chi connectivity index (χ1) is 28.9. The second-order valence-corrected chi connectivity index (χ2v) is 14.5. The van der Waals surface area contributed by atoms with Crippen LogP contribution in [0, 0.1) is 5.92 Å². The van der Waals surface area contributed by atoms with Gasteiger partial charge in [0.2, 0.25) is 0 Å². The summed E-state index contributed by atoms with van der Waals surface area (Å²) in [5.74, 6) is -0.0609. The van der Waals surface area contributed by atoms with Crippen molar-refractivity contribution in [2.75, 3.05) is 0 Å². The summed E-state index contributed by atoms with van der Waals surface area (Å²) in [6.07, 6.45) is 50.6. The molecule has 0 amide bonds. The first-order valence-electron chi connectivity index (χ1n) is 20.6. The first kappa shape index (κ1) is 45.2. The molecule has 2 unspecified atom stereocenters. The van der Waals surface area contributed by atoms with Crippen molar-refractivity contribution in [3.63, 3.8) is 0 Å². The van der Waals surface area contributed by atoms with Gasteiger partial charge in [-0.05, 0) is 133 Å². The predicted molar refractivity (Wildman–Crippen MR) is 260 cm³/mol. The van der Waals surface area contributed by atoms with Crippen molar-refractivity contribution in [3.8, 4) is 0 Å². The molecule has 4 rings (SSSR count). The Morgan fingerprint density at radius 3 is 2.37 bits per heavy atom. The summed E-state index contributed by atoms with van der Waals surface area (Å²) in [7, 11) is 0. The summed E-state index contributed by atoms with van der Waals surface area (Å²) in [6.45, 7) is 26.9. The zero-order valence-corrected chi connectivity index (χ0v) is 35.0. The van der Waals surface area contributed by atoms with Gasteiger partial charge in [-0.25, -0.2) is 0 Å². The third kappa shape index (κ3) is 15.4. The van der Waals surface area contributed by atoms with Crippen LogP contribution in [0.15, 0.2) is 236 Å². The van der Waals surface area contributed by atoms with E-state index in [-0.39, 0.29) is 12.1 Å². The van der Waals surface area contributed by atoms with E-state index in [0.29, 0.717) is 6.42 Å². The fourth-order valence-corrected chi connectivity index (χ4v) is 6.59. The molecule has 2 heterocycles. The molecule has 300 valence electrons. The van der Waals surface area contributed by atoms with Crippen LogP contribution in [0.4, 0.5) is 0 Å². The van der Waals surface area contributed by atoms with E-state index in [4.69, 9.17) is 4.99 Å². The SMILES string of the molecule is C=C=CCCC/C=C/c1cccc(C2=CC(C(=C/C=C)/C=C(\C)c3cccnc3)=NC(C(C=C)CC(=C)C3=C\C=C/C=C\C=C(C(=C)CCC=C)\C=C\CCC=C3)N2)c1. The molecule has 0 saturated heterocycles. The number of nitrogens with zero attached hydrogens (tertiary/aromatic N) is 2. The predicted octanol–water partition coefficient (Wildman–Crippen LogP) is 14.7. The van der Waals surface area contributed by atoms with E-state index in [2.05, 4.69) is 178 Å². The molecular formula is C56H61N3. The molecular weight excluding hydrogens is 715 g/mol. The Morgan fingerprint density at radius 2 is 1.69 bits per heavy atom. The highest BCUT2D eigenvalue weighted by atomic mass is 15.1. The van der Waals surface area contributed by atoms with Gasteiger partial charge in [0, 0.05) is 29.6 Å². The van der Waals surface area contributed by atoms with Crippen LogP contribution in [-0.4, -0.2) is 16.9 Å². The quantitative estimate of drug-likeness (QED) is 0.0668. The molecule has 2 atom stereocenters. The topological polar surface area (TPSA) is 37.3 Å². The Morgan fingerprint density at radius 1 is 0.932 bits per heavy atom. The van der Waals surface area contributed by atoms with E-state index in [1.807, 2.05) is 42.6 Å². The minimum Gasteiger partial charge on any atom is -0.363 e. The van der Waals surface area contributed by atoms with E-state index < -0.39 is 0 Å². The third-order valence-electron chi connectivity index (χ3n) is 9.95. The summed E-state index contributed by atoms with van der Waals surface area (Å²) in [5, 5.41) is 3.80. The maximum Gasteiger partial charge on any atom is 0.126 e. The number of hydrogen-bond donors (Lipinski definition) is 1. The van der Waals surface area contributed by atoms with Crippen LogP contribution in [0.1, 0.15) is 75.0 Å². The van der Waals surface area contributed by atoms with E-state index in [0.717, 1.165) is 106 Å². The molecule has 0 fully saturated rings. The van der Waals surface area contributed by atoms with Crippen LogP contribution >= 0.6 is 0 Å². The van der Waals surface area contributed by atoms with Crippen LogP contribution in [-0.2, 0) is 0 Å². The van der Waals surface area contributed by atoms with Gasteiger partial charge < -0.3 is 5.32 Å². The molecule has 1 aliphatic heterocycles. The molecule has 0 bridgehead atoms. The van der Waals surface area contributed by atoms with Crippen molar-refractivity contribution in [1.82, 2.24) is 10.3 Å². The van der Waals surface area contributed by atoms with Gasteiger partial charge in [0.05, 0.1) is 5.71 Å². The molecule has 1 aliphatic carbocycles. The van der Waals surface area contributed by atoms with E-state index in [1.54, 1.807) is 6.20 Å². The van der Waals surface area contributed by atoms with Crippen molar-refractivity contribution >= 4 is 23.1 Å². The minimum atomic E-state index is -0.300. The molecule has 1 aromatic carbocycles. The Balaban J connectivity index is 1.66. The molecule has 0 spiro atoms. The Bertz CT molecular complexity index is 2190. The fraction of sp³-hybridized carbons (Fsp3) is 0.196. The van der Waals surface area contributed by atoms with Crippen molar-refractivity contribution in [3.05, 3.63) is 248 Å². The van der Waals surface area contributed by atoms with Crippen molar-refractivity contribution in [2.45, 2.75) is 64.5 Å². The second kappa shape index (κ2) is 25.7. The zero-order valence-electron chi connectivity index (χ0n) is 35.0. The molecule has 2 aromatic rings. The number of unbranched alkanes of at least 4 members (excludes halogenated alkanes) is 2. The molecule has 0 radical (unpaired) electrons. The summed E-state index contributed by atoms with van der Waals surface area (Å²) in [5.41, 5.74) is 14.4. The maximum atomic E-state index is 5.37. The van der Waals surface area contributed by atoms with Crippen LogP contribution in [0.25, 0.3) is 17.3 Å². The lowest BCUT2D eigenvalue weighted by atomic mass is 9.90. The monoisotopic (exact) mass is 775 g/mol. The van der Waals surface area contributed by atoms with Gasteiger partial charge in [-0.3, -0.25) is 9.98 Å². The largest absolute Gasteiger partial charge is 0.363 e. The van der Waals surface area contributed by atoms with Crippen LogP contribution in [0.3, 0.4) is 0 Å². The Kier molecular flexibility index (Phi) is 19.6. The summed E-state index contributed by atoms with van der Waals surface area (Å²) >= 11 is 0. The van der Waals surface area contributed by atoms with Gasteiger partial charge in [0.25, 0.3) is 0 Å². The number of benzene rings is 1. The number of nitrogens with one attached hydrogen (secondary N) is 1. The Hall–Kier alpha value is -6.54. The van der Waals surface area contributed by atoms with Crippen molar-refractivity contribution in [2.24, 2.45) is 10.9 Å². The maximum absolute atomic E-state index is 5.37. The minimum absolute atomic E-state index is 0.0609. The number of aromatic nitrogens is 1. The second-order valence-electron chi connectivity index (χ2n) is 14.5. The molecule has 1 N–H and O–H groups in total. The summed E-state index contributed by atoms with van der Waals surface area (Å²) < 4.78 is 0.